The van der Waals surface area contributed by atoms with Crippen molar-refractivity contribution in [2.24, 2.45) is 5.73 Å². The summed E-state index contributed by atoms with van der Waals surface area (Å²) in [7, 11) is 0. The first-order chi connectivity index (χ1) is 3.70. The Hall–Kier alpha value is -0.570. The largest absolute Gasteiger partial charge is 0.370 e. The van der Waals surface area contributed by atoms with Crippen molar-refractivity contribution in [1.29, 1.82) is 0 Å². The van der Waals surface area contributed by atoms with Gasteiger partial charge in [0.15, 0.2) is 0 Å². The molecule has 1 saturated heterocycles. The van der Waals surface area contributed by atoms with Gasteiger partial charge >= 0.3 is 0 Å². The Labute approximate surface area is 47.8 Å². The summed E-state index contributed by atoms with van der Waals surface area (Å²) in [5.41, 5.74) is 4.88. The second-order valence-electron chi connectivity index (χ2n) is 2.05. The zero-order chi connectivity index (χ0) is 6.15. The van der Waals surface area contributed by atoms with E-state index < -0.39 is 0 Å². The number of primary amides is 1. The average molecular weight is 115 g/mol. The van der Waals surface area contributed by atoms with Crippen LogP contribution in [0.4, 0.5) is 0 Å². The molecular formula is C5H9NO2. The Kier molecular flexibility index (Phi) is 1.21. The van der Waals surface area contributed by atoms with Crippen molar-refractivity contribution in [2.75, 3.05) is 0 Å². The summed E-state index contributed by atoms with van der Waals surface area (Å²) in [6.45, 7) is 1.92. The van der Waals surface area contributed by atoms with E-state index in [9.17, 15) is 4.79 Å². The van der Waals surface area contributed by atoms with Crippen LogP contribution >= 0.6 is 0 Å². The normalized spacial score (nSPS) is 34.6. The summed E-state index contributed by atoms with van der Waals surface area (Å²) in [4.78, 5) is 10.1. The van der Waals surface area contributed by atoms with Gasteiger partial charge in [0.05, 0.1) is 18.6 Å². The predicted octanol–water partition coefficient (Wildman–Crippen LogP) is -0.351. The fraction of sp³-hybridized carbons (Fsp3) is 0.800. The minimum Gasteiger partial charge on any atom is -0.370 e. The number of carbonyl (C=O) groups is 1. The first kappa shape index (κ1) is 5.56. The van der Waals surface area contributed by atoms with E-state index in [-0.39, 0.29) is 18.1 Å². The smallest absolute Gasteiger partial charge is 0.220 e. The summed E-state index contributed by atoms with van der Waals surface area (Å²) in [6, 6.07) is 0. The van der Waals surface area contributed by atoms with Gasteiger partial charge in [-0.1, -0.05) is 0 Å². The maximum Gasteiger partial charge on any atom is 0.220 e. The van der Waals surface area contributed by atoms with Gasteiger partial charge in [-0.3, -0.25) is 4.79 Å². The molecule has 1 aliphatic heterocycles. The molecule has 2 N–H and O–H groups in total. The van der Waals surface area contributed by atoms with Gasteiger partial charge in [-0.2, -0.15) is 0 Å². The molecule has 3 heteroatoms. The van der Waals surface area contributed by atoms with Crippen molar-refractivity contribution in [3.05, 3.63) is 0 Å². The second-order valence-corrected chi connectivity index (χ2v) is 2.05. The third-order valence-electron chi connectivity index (χ3n) is 1.24. The van der Waals surface area contributed by atoms with Gasteiger partial charge in [-0.15, -0.1) is 0 Å². The van der Waals surface area contributed by atoms with Gasteiger partial charge < -0.3 is 10.5 Å². The Morgan fingerprint density at radius 2 is 2.38 bits per heavy atom. The predicted molar refractivity (Wildman–Crippen MR) is 28.1 cm³/mol. The molecule has 0 bridgehead atoms. The first-order valence-electron chi connectivity index (χ1n) is 2.64. The summed E-state index contributed by atoms with van der Waals surface area (Å²) >= 11 is 0. The van der Waals surface area contributed by atoms with Crippen molar-refractivity contribution in [3.63, 3.8) is 0 Å². The number of hydrogen-bond acceptors (Lipinski definition) is 2. The van der Waals surface area contributed by atoms with Crippen LogP contribution in [0.5, 0.6) is 0 Å². The number of rotatable bonds is 2. The van der Waals surface area contributed by atoms with Crippen LogP contribution in [0.15, 0.2) is 0 Å². The molecule has 1 rings (SSSR count). The lowest BCUT2D eigenvalue weighted by Gasteiger charge is -1.83. The van der Waals surface area contributed by atoms with Crippen LogP contribution in [0.3, 0.4) is 0 Å². The van der Waals surface area contributed by atoms with Crippen molar-refractivity contribution in [1.82, 2.24) is 0 Å². The molecule has 0 aromatic rings. The van der Waals surface area contributed by atoms with E-state index >= 15 is 0 Å². The van der Waals surface area contributed by atoms with Gasteiger partial charge in [0.1, 0.15) is 0 Å². The van der Waals surface area contributed by atoms with Crippen molar-refractivity contribution < 1.29 is 9.53 Å². The Morgan fingerprint density at radius 3 is 2.50 bits per heavy atom. The van der Waals surface area contributed by atoms with E-state index in [1.54, 1.807) is 0 Å². The minimum absolute atomic E-state index is 0.118. The molecule has 0 saturated carbocycles. The van der Waals surface area contributed by atoms with Gasteiger partial charge in [0, 0.05) is 0 Å². The van der Waals surface area contributed by atoms with Crippen LogP contribution in [0.25, 0.3) is 0 Å². The quantitative estimate of drug-likeness (QED) is 0.500. The second kappa shape index (κ2) is 1.74. The monoisotopic (exact) mass is 115 g/mol. The van der Waals surface area contributed by atoms with Gasteiger partial charge in [-0.05, 0) is 6.92 Å². The van der Waals surface area contributed by atoms with Crippen LogP contribution < -0.4 is 5.73 Å². The highest BCUT2D eigenvalue weighted by Gasteiger charge is 2.34. The van der Waals surface area contributed by atoms with Gasteiger partial charge in [0.2, 0.25) is 5.91 Å². The third-order valence-corrected chi connectivity index (χ3v) is 1.24. The Morgan fingerprint density at radius 1 is 1.88 bits per heavy atom. The molecule has 1 amide bonds. The highest BCUT2D eigenvalue weighted by Crippen LogP contribution is 2.23. The molecule has 1 fully saturated rings. The van der Waals surface area contributed by atoms with E-state index in [1.807, 2.05) is 6.92 Å². The maximum absolute atomic E-state index is 10.1. The highest BCUT2D eigenvalue weighted by atomic mass is 16.6. The number of nitrogens with two attached hydrogens (primary N) is 1. The fourth-order valence-electron chi connectivity index (χ4n) is 0.643. The van der Waals surface area contributed by atoms with E-state index in [0.717, 1.165) is 0 Å². The molecule has 0 aromatic carbocycles. The Balaban J connectivity index is 2.14. The Bertz CT molecular complexity index is 113. The van der Waals surface area contributed by atoms with E-state index in [4.69, 9.17) is 10.5 Å². The number of hydrogen-bond donors (Lipinski definition) is 1. The molecule has 1 heterocycles. The maximum atomic E-state index is 10.1. The summed E-state index contributed by atoms with van der Waals surface area (Å²) in [5, 5.41) is 0. The molecule has 3 nitrogen and oxygen atoms in total. The molecule has 46 valence electrons. The zero-order valence-corrected chi connectivity index (χ0v) is 4.76. The van der Waals surface area contributed by atoms with Crippen molar-refractivity contribution in [2.45, 2.75) is 25.6 Å². The molecule has 0 aliphatic carbocycles. The molecule has 0 spiro atoms. The number of epoxide rings is 1. The molecule has 2 unspecified atom stereocenters. The number of amides is 1. The minimum atomic E-state index is -0.278. The van der Waals surface area contributed by atoms with Crippen molar-refractivity contribution in [3.8, 4) is 0 Å². The average Bonchev–Trinajstić information content (AvgIpc) is 2.17. The van der Waals surface area contributed by atoms with Gasteiger partial charge in [-0.25, -0.2) is 0 Å². The number of carbonyl (C=O) groups excluding carboxylic acids is 1. The van der Waals surface area contributed by atoms with E-state index in [2.05, 4.69) is 0 Å². The lowest BCUT2D eigenvalue weighted by Crippen LogP contribution is -2.13. The SMILES string of the molecule is CC1OC1CC(N)=O. The topological polar surface area (TPSA) is 55.6 Å². The van der Waals surface area contributed by atoms with E-state index in [1.165, 1.54) is 0 Å². The number of ether oxygens (including phenoxy) is 1. The molecule has 8 heavy (non-hydrogen) atoms. The summed E-state index contributed by atoms with van der Waals surface area (Å²) in [6.07, 6.45) is 0.747. The summed E-state index contributed by atoms with van der Waals surface area (Å²) in [5.74, 6) is -0.278. The van der Waals surface area contributed by atoms with Crippen LogP contribution in [0, 0.1) is 0 Å². The molecule has 0 radical (unpaired) electrons. The van der Waals surface area contributed by atoms with E-state index in [0.29, 0.717) is 6.42 Å². The molecule has 0 aromatic heterocycles. The lowest BCUT2D eigenvalue weighted by atomic mass is 10.2. The fourth-order valence-corrected chi connectivity index (χ4v) is 0.643. The van der Waals surface area contributed by atoms with Crippen LogP contribution in [-0.2, 0) is 9.53 Å². The standard InChI is InChI=1S/C5H9NO2/c1-3-4(8-3)2-5(6)7/h3-4H,2H2,1H3,(H2,6,7). The van der Waals surface area contributed by atoms with Crippen LogP contribution in [-0.4, -0.2) is 18.1 Å². The van der Waals surface area contributed by atoms with Crippen molar-refractivity contribution >= 4 is 5.91 Å². The molecule has 2 atom stereocenters. The first-order valence-corrected chi connectivity index (χ1v) is 2.64. The zero-order valence-electron chi connectivity index (χ0n) is 4.76. The van der Waals surface area contributed by atoms with Crippen LogP contribution in [0.1, 0.15) is 13.3 Å². The third kappa shape index (κ3) is 1.20. The highest BCUT2D eigenvalue weighted by molar-refractivity contribution is 5.74. The lowest BCUT2D eigenvalue weighted by molar-refractivity contribution is -0.118. The molecular weight excluding hydrogens is 106 g/mol. The summed E-state index contributed by atoms with van der Waals surface area (Å²) < 4.78 is 4.93. The molecule has 1 aliphatic rings. The van der Waals surface area contributed by atoms with Crippen LogP contribution in [0.2, 0.25) is 0 Å². The van der Waals surface area contributed by atoms with Gasteiger partial charge in [0.25, 0.3) is 0 Å².